The average Bonchev–Trinajstić information content (AvgIpc) is 2.53. The number of carbonyl (C=O) groups is 1. The van der Waals surface area contributed by atoms with Crippen LogP contribution in [-0.2, 0) is 0 Å². The van der Waals surface area contributed by atoms with Gasteiger partial charge in [0.05, 0.1) is 5.56 Å². The van der Waals surface area contributed by atoms with E-state index in [2.05, 4.69) is 22.1 Å². The van der Waals surface area contributed by atoms with Gasteiger partial charge < -0.3 is 15.1 Å². The van der Waals surface area contributed by atoms with Crippen molar-refractivity contribution in [3.05, 3.63) is 23.6 Å². The van der Waals surface area contributed by atoms with Crippen LogP contribution in [0.3, 0.4) is 0 Å². The Balaban J connectivity index is 2.09. The molecule has 1 aromatic rings. The molecule has 1 saturated heterocycles. The Hall–Kier alpha value is -1.69. The summed E-state index contributed by atoms with van der Waals surface area (Å²) >= 11 is 0. The van der Waals surface area contributed by atoms with Gasteiger partial charge in [0.2, 0.25) is 0 Å². The predicted octanol–water partition coefficient (Wildman–Crippen LogP) is 1.82. The summed E-state index contributed by atoms with van der Waals surface area (Å²) in [7, 11) is 0. The van der Waals surface area contributed by atoms with Crippen LogP contribution >= 0.6 is 0 Å². The van der Waals surface area contributed by atoms with E-state index in [0.29, 0.717) is 19.6 Å². The Labute approximate surface area is 125 Å². The molecule has 0 saturated carbocycles. The fraction of sp³-hybridized carbons (Fsp3) is 0.600. The maximum absolute atomic E-state index is 14.4. The van der Waals surface area contributed by atoms with Crippen LogP contribution in [0.5, 0.6) is 0 Å². The van der Waals surface area contributed by atoms with Gasteiger partial charge in [-0.1, -0.05) is 13.8 Å². The zero-order valence-electron chi connectivity index (χ0n) is 12.7. The number of piperazine rings is 1. The second-order valence-corrected chi connectivity index (χ2v) is 5.17. The molecule has 1 aromatic heterocycles. The van der Waals surface area contributed by atoms with Crippen molar-refractivity contribution in [1.29, 1.82) is 0 Å². The van der Waals surface area contributed by atoms with Gasteiger partial charge in [0.25, 0.3) is 5.91 Å². The van der Waals surface area contributed by atoms with Gasteiger partial charge in [-0.05, 0) is 19.0 Å². The number of rotatable bonds is 5. The van der Waals surface area contributed by atoms with Crippen molar-refractivity contribution in [1.82, 2.24) is 14.8 Å². The Morgan fingerprint density at radius 2 is 2.05 bits per heavy atom. The molecule has 1 amide bonds. The van der Waals surface area contributed by atoms with Crippen molar-refractivity contribution in [3.8, 4) is 0 Å². The molecule has 5 nitrogen and oxygen atoms in total. The standard InChI is InChI=1S/C15H23FN4O/c1-3-6-17-14-13(16)12(5-7-18-14)15(21)20-10-8-19(4-2)9-11-20/h5,7H,3-4,6,8-11H2,1-2H3,(H,17,18). The third-order valence-corrected chi connectivity index (χ3v) is 3.77. The van der Waals surface area contributed by atoms with Gasteiger partial charge in [0.1, 0.15) is 0 Å². The fourth-order valence-corrected chi connectivity index (χ4v) is 2.41. The van der Waals surface area contributed by atoms with Gasteiger partial charge >= 0.3 is 0 Å². The molecule has 0 radical (unpaired) electrons. The second-order valence-electron chi connectivity index (χ2n) is 5.17. The lowest BCUT2D eigenvalue weighted by Gasteiger charge is -2.34. The molecule has 116 valence electrons. The SMILES string of the molecule is CCCNc1nccc(C(=O)N2CCN(CC)CC2)c1F. The molecule has 2 rings (SSSR count). The molecule has 21 heavy (non-hydrogen) atoms. The summed E-state index contributed by atoms with van der Waals surface area (Å²) < 4.78 is 14.4. The first-order chi connectivity index (χ1) is 10.2. The number of aromatic nitrogens is 1. The van der Waals surface area contributed by atoms with Gasteiger partial charge in [0, 0.05) is 38.9 Å². The van der Waals surface area contributed by atoms with Crippen molar-refractivity contribution >= 4 is 11.7 Å². The van der Waals surface area contributed by atoms with Crippen LogP contribution in [0.25, 0.3) is 0 Å². The molecule has 2 heterocycles. The van der Waals surface area contributed by atoms with E-state index >= 15 is 0 Å². The maximum atomic E-state index is 14.4. The lowest BCUT2D eigenvalue weighted by Crippen LogP contribution is -2.48. The van der Waals surface area contributed by atoms with Gasteiger partial charge in [0.15, 0.2) is 11.6 Å². The van der Waals surface area contributed by atoms with Crippen molar-refractivity contribution in [2.45, 2.75) is 20.3 Å². The molecule has 1 N–H and O–H groups in total. The normalized spacial score (nSPS) is 16.0. The van der Waals surface area contributed by atoms with Crippen LogP contribution in [-0.4, -0.2) is 60.0 Å². The number of hydrogen-bond donors (Lipinski definition) is 1. The Bertz CT molecular complexity index is 487. The number of amides is 1. The van der Waals surface area contributed by atoms with E-state index in [1.54, 1.807) is 4.90 Å². The van der Waals surface area contributed by atoms with E-state index < -0.39 is 5.82 Å². The van der Waals surface area contributed by atoms with Crippen LogP contribution < -0.4 is 5.32 Å². The molecule has 1 aliphatic heterocycles. The number of nitrogens with one attached hydrogen (secondary N) is 1. The molecule has 0 aliphatic carbocycles. The second kappa shape index (κ2) is 7.36. The summed E-state index contributed by atoms with van der Waals surface area (Å²) in [4.78, 5) is 20.4. The van der Waals surface area contributed by atoms with Crippen molar-refractivity contribution in [3.63, 3.8) is 0 Å². The first-order valence-corrected chi connectivity index (χ1v) is 7.57. The lowest BCUT2D eigenvalue weighted by atomic mass is 10.2. The van der Waals surface area contributed by atoms with Crippen molar-refractivity contribution in [2.24, 2.45) is 0 Å². The van der Waals surface area contributed by atoms with Crippen molar-refractivity contribution in [2.75, 3.05) is 44.6 Å². The number of nitrogens with zero attached hydrogens (tertiary/aromatic N) is 3. The Morgan fingerprint density at radius 3 is 2.67 bits per heavy atom. The predicted molar refractivity (Wildman–Crippen MR) is 81.0 cm³/mol. The number of anilines is 1. The average molecular weight is 294 g/mol. The van der Waals surface area contributed by atoms with Gasteiger partial charge in [-0.2, -0.15) is 0 Å². The highest BCUT2D eigenvalue weighted by atomic mass is 19.1. The Morgan fingerprint density at radius 1 is 1.33 bits per heavy atom. The summed E-state index contributed by atoms with van der Waals surface area (Å²) in [6.45, 7) is 8.69. The highest BCUT2D eigenvalue weighted by Gasteiger charge is 2.24. The number of pyridine rings is 1. The molecule has 0 unspecified atom stereocenters. The lowest BCUT2D eigenvalue weighted by molar-refractivity contribution is 0.0639. The van der Waals surface area contributed by atoms with E-state index in [0.717, 1.165) is 26.1 Å². The minimum absolute atomic E-state index is 0.105. The molecule has 0 atom stereocenters. The molecule has 1 fully saturated rings. The quantitative estimate of drug-likeness (QED) is 0.900. The summed E-state index contributed by atoms with van der Waals surface area (Å²) in [5, 5.41) is 2.91. The zero-order chi connectivity index (χ0) is 15.2. The Kier molecular flexibility index (Phi) is 5.50. The molecule has 6 heteroatoms. The third-order valence-electron chi connectivity index (χ3n) is 3.77. The van der Waals surface area contributed by atoms with E-state index in [9.17, 15) is 9.18 Å². The first-order valence-electron chi connectivity index (χ1n) is 7.57. The molecular weight excluding hydrogens is 271 g/mol. The van der Waals surface area contributed by atoms with Crippen molar-refractivity contribution < 1.29 is 9.18 Å². The van der Waals surface area contributed by atoms with Crippen LogP contribution in [0.4, 0.5) is 10.2 Å². The maximum Gasteiger partial charge on any atom is 0.257 e. The highest BCUT2D eigenvalue weighted by molar-refractivity contribution is 5.95. The van der Waals surface area contributed by atoms with E-state index in [1.807, 2.05) is 6.92 Å². The first kappa shape index (κ1) is 15.7. The minimum atomic E-state index is -0.547. The summed E-state index contributed by atoms with van der Waals surface area (Å²) in [6, 6.07) is 1.46. The molecular formula is C15H23FN4O. The minimum Gasteiger partial charge on any atom is -0.368 e. The fourth-order valence-electron chi connectivity index (χ4n) is 2.41. The summed E-state index contributed by atoms with van der Waals surface area (Å²) in [5.41, 5.74) is 0.105. The number of halogens is 1. The third kappa shape index (κ3) is 3.69. The molecule has 0 aromatic carbocycles. The smallest absolute Gasteiger partial charge is 0.257 e. The van der Waals surface area contributed by atoms with Gasteiger partial charge in [-0.3, -0.25) is 4.79 Å². The van der Waals surface area contributed by atoms with Crippen LogP contribution in [0.1, 0.15) is 30.6 Å². The largest absolute Gasteiger partial charge is 0.368 e. The highest BCUT2D eigenvalue weighted by Crippen LogP contribution is 2.17. The topological polar surface area (TPSA) is 48.5 Å². The zero-order valence-corrected chi connectivity index (χ0v) is 12.7. The van der Waals surface area contributed by atoms with Gasteiger partial charge in [-0.15, -0.1) is 0 Å². The van der Waals surface area contributed by atoms with E-state index in [-0.39, 0.29) is 17.3 Å². The van der Waals surface area contributed by atoms with Crippen LogP contribution in [0.2, 0.25) is 0 Å². The molecule has 1 aliphatic rings. The van der Waals surface area contributed by atoms with E-state index in [4.69, 9.17) is 0 Å². The monoisotopic (exact) mass is 294 g/mol. The summed E-state index contributed by atoms with van der Waals surface area (Å²) in [5.74, 6) is -0.631. The van der Waals surface area contributed by atoms with Crippen LogP contribution in [0, 0.1) is 5.82 Å². The molecule has 0 bridgehead atoms. The number of carbonyl (C=O) groups excluding carboxylic acids is 1. The van der Waals surface area contributed by atoms with Gasteiger partial charge in [-0.25, -0.2) is 9.37 Å². The summed E-state index contributed by atoms with van der Waals surface area (Å²) in [6.07, 6.45) is 2.36. The number of hydrogen-bond acceptors (Lipinski definition) is 4. The number of likely N-dealkylation sites (N-methyl/N-ethyl adjacent to an activating group) is 1. The van der Waals surface area contributed by atoms with Crippen LogP contribution in [0.15, 0.2) is 12.3 Å². The molecule has 0 spiro atoms. The van der Waals surface area contributed by atoms with E-state index in [1.165, 1.54) is 12.3 Å².